The van der Waals surface area contributed by atoms with E-state index in [-0.39, 0.29) is 11.7 Å². The van der Waals surface area contributed by atoms with Crippen molar-refractivity contribution in [2.45, 2.75) is 39.4 Å². The highest BCUT2D eigenvalue weighted by molar-refractivity contribution is 5.67. The molecule has 1 amide bonds. The largest absolute Gasteiger partial charge is 0.450 e. The lowest BCUT2D eigenvalue weighted by Crippen LogP contribution is -3.15. The van der Waals surface area contributed by atoms with Gasteiger partial charge in [-0.2, -0.15) is 0 Å². The summed E-state index contributed by atoms with van der Waals surface area (Å²) in [5, 5.41) is 9.97. The highest BCUT2D eigenvalue weighted by Gasteiger charge is 2.26. The molecule has 6 heteroatoms. The average Bonchev–Trinajstić information content (AvgIpc) is 2.37. The number of piperazine rings is 1. The Balaban J connectivity index is 2.23. The molecule has 6 nitrogen and oxygen atoms in total. The van der Waals surface area contributed by atoms with Gasteiger partial charge in [0.15, 0.2) is 0 Å². The molecule has 0 aromatic heterocycles. The van der Waals surface area contributed by atoms with Gasteiger partial charge < -0.3 is 19.5 Å². The highest BCUT2D eigenvalue weighted by Crippen LogP contribution is 2.06. The third-order valence-corrected chi connectivity index (χ3v) is 3.23. The number of ether oxygens (including phenoxy) is 2. The van der Waals surface area contributed by atoms with Crippen LogP contribution in [0.25, 0.3) is 0 Å². The van der Waals surface area contributed by atoms with Crippen molar-refractivity contribution in [3.05, 3.63) is 0 Å². The summed E-state index contributed by atoms with van der Waals surface area (Å²) in [6.07, 6.45) is -0.693. The molecule has 1 fully saturated rings. The van der Waals surface area contributed by atoms with Crippen molar-refractivity contribution in [1.29, 1.82) is 0 Å². The molecular formula is C14H29N2O4+. The van der Waals surface area contributed by atoms with Gasteiger partial charge in [0, 0.05) is 0 Å². The summed E-state index contributed by atoms with van der Waals surface area (Å²) in [5.41, 5.74) is -0.223. The molecule has 0 aromatic rings. The Morgan fingerprint density at radius 2 is 1.95 bits per heavy atom. The first kappa shape index (κ1) is 17.2. The highest BCUT2D eigenvalue weighted by atomic mass is 16.6. The van der Waals surface area contributed by atoms with E-state index in [1.165, 1.54) is 4.90 Å². The number of hydrogen-bond donors (Lipinski definition) is 2. The third kappa shape index (κ3) is 6.54. The Hall–Kier alpha value is -0.850. The summed E-state index contributed by atoms with van der Waals surface area (Å²) < 4.78 is 10.6. The van der Waals surface area contributed by atoms with Crippen LogP contribution < -0.4 is 4.90 Å². The van der Waals surface area contributed by atoms with Gasteiger partial charge in [-0.25, -0.2) is 4.79 Å². The first-order valence-corrected chi connectivity index (χ1v) is 7.39. The first-order chi connectivity index (χ1) is 9.31. The molecule has 0 radical (unpaired) electrons. The van der Waals surface area contributed by atoms with Crippen LogP contribution in [0.5, 0.6) is 0 Å². The smallest absolute Gasteiger partial charge is 0.410 e. The number of aliphatic hydroxyl groups excluding tert-OH is 1. The van der Waals surface area contributed by atoms with Crippen LogP contribution in [0.15, 0.2) is 0 Å². The number of nitrogens with zero attached hydrogens (tertiary/aromatic N) is 1. The van der Waals surface area contributed by atoms with Crippen molar-refractivity contribution >= 4 is 6.09 Å². The zero-order valence-corrected chi connectivity index (χ0v) is 13.1. The summed E-state index contributed by atoms with van der Waals surface area (Å²) in [6, 6.07) is 0. The second-order valence-electron chi connectivity index (χ2n) is 6.22. The minimum atomic E-state index is -0.460. The van der Waals surface area contributed by atoms with Gasteiger partial charge in [0.2, 0.25) is 0 Å². The standard InChI is InChI=1S/C14H28N2O4/c1-5-19-13(18)16-8-6-15(7-9-16)10-12(17)11-20-14(2,3)4/h12,17H,5-11H2,1-4H3/p+1/t12-/m0/s1. The van der Waals surface area contributed by atoms with Crippen molar-refractivity contribution in [2.75, 3.05) is 45.9 Å². The predicted molar refractivity (Wildman–Crippen MR) is 75.9 cm³/mol. The topological polar surface area (TPSA) is 63.4 Å². The molecule has 0 aliphatic carbocycles. The summed E-state index contributed by atoms with van der Waals surface area (Å²) in [7, 11) is 0. The van der Waals surface area contributed by atoms with E-state index in [1.807, 2.05) is 27.7 Å². The summed E-state index contributed by atoms with van der Waals surface area (Å²) in [6.45, 7) is 12.2. The molecule has 1 saturated heterocycles. The van der Waals surface area contributed by atoms with E-state index in [2.05, 4.69) is 0 Å². The van der Waals surface area contributed by atoms with Gasteiger partial charge in [0.05, 0.1) is 45.0 Å². The molecule has 1 atom stereocenters. The predicted octanol–water partition coefficient (Wildman–Crippen LogP) is -0.481. The molecular weight excluding hydrogens is 260 g/mol. The summed E-state index contributed by atoms with van der Waals surface area (Å²) in [5.74, 6) is 0. The molecule has 2 N–H and O–H groups in total. The second kappa shape index (κ2) is 7.81. The second-order valence-corrected chi connectivity index (χ2v) is 6.22. The maximum atomic E-state index is 11.6. The maximum absolute atomic E-state index is 11.6. The van der Waals surface area contributed by atoms with Gasteiger partial charge in [-0.1, -0.05) is 0 Å². The van der Waals surface area contributed by atoms with E-state index in [1.54, 1.807) is 4.90 Å². The van der Waals surface area contributed by atoms with Gasteiger partial charge in [-0.15, -0.1) is 0 Å². The fourth-order valence-corrected chi connectivity index (χ4v) is 2.16. The molecule has 0 spiro atoms. The lowest BCUT2D eigenvalue weighted by atomic mass is 10.2. The molecule has 0 bridgehead atoms. The van der Waals surface area contributed by atoms with E-state index in [9.17, 15) is 9.90 Å². The zero-order valence-electron chi connectivity index (χ0n) is 13.1. The van der Waals surface area contributed by atoms with Crippen LogP contribution in [0.2, 0.25) is 0 Å². The Labute approximate surface area is 121 Å². The van der Waals surface area contributed by atoms with Crippen LogP contribution in [0.4, 0.5) is 4.79 Å². The Kier molecular flexibility index (Phi) is 6.71. The normalized spacial score (nSPS) is 18.9. The Morgan fingerprint density at radius 1 is 1.35 bits per heavy atom. The Morgan fingerprint density at radius 3 is 2.45 bits per heavy atom. The van der Waals surface area contributed by atoms with Crippen molar-refractivity contribution < 1.29 is 24.3 Å². The van der Waals surface area contributed by atoms with Gasteiger partial charge in [-0.3, -0.25) is 4.90 Å². The van der Waals surface area contributed by atoms with E-state index in [4.69, 9.17) is 9.47 Å². The minimum absolute atomic E-state index is 0.223. The van der Waals surface area contributed by atoms with E-state index in [0.29, 0.717) is 32.8 Å². The SMILES string of the molecule is CCOC(=O)N1CC[NH+](C[C@H](O)COC(C)(C)C)CC1. The summed E-state index contributed by atoms with van der Waals surface area (Å²) in [4.78, 5) is 14.6. The summed E-state index contributed by atoms with van der Waals surface area (Å²) >= 11 is 0. The van der Waals surface area contributed by atoms with Gasteiger partial charge in [0.25, 0.3) is 0 Å². The number of quaternary nitrogens is 1. The molecule has 118 valence electrons. The maximum Gasteiger partial charge on any atom is 0.410 e. The number of aliphatic hydroxyl groups is 1. The van der Waals surface area contributed by atoms with Gasteiger partial charge in [-0.05, 0) is 27.7 Å². The number of carbonyl (C=O) groups excluding carboxylic acids is 1. The van der Waals surface area contributed by atoms with E-state index >= 15 is 0 Å². The number of carbonyl (C=O) groups is 1. The fourth-order valence-electron chi connectivity index (χ4n) is 2.16. The molecule has 1 aliphatic rings. The number of hydrogen-bond acceptors (Lipinski definition) is 4. The van der Waals surface area contributed by atoms with E-state index < -0.39 is 6.10 Å². The molecule has 1 heterocycles. The lowest BCUT2D eigenvalue weighted by molar-refractivity contribution is -0.907. The molecule has 1 aliphatic heterocycles. The molecule has 0 unspecified atom stereocenters. The molecule has 0 saturated carbocycles. The Bertz CT molecular complexity index is 296. The third-order valence-electron chi connectivity index (χ3n) is 3.23. The fraction of sp³-hybridized carbons (Fsp3) is 0.929. The van der Waals surface area contributed by atoms with E-state index in [0.717, 1.165) is 13.1 Å². The van der Waals surface area contributed by atoms with Gasteiger partial charge >= 0.3 is 6.09 Å². The van der Waals surface area contributed by atoms with Gasteiger partial charge in [0.1, 0.15) is 12.6 Å². The molecule has 1 rings (SSSR count). The van der Waals surface area contributed by atoms with Crippen LogP contribution in [0, 0.1) is 0 Å². The lowest BCUT2D eigenvalue weighted by Gasteiger charge is -2.32. The molecule has 20 heavy (non-hydrogen) atoms. The monoisotopic (exact) mass is 289 g/mol. The van der Waals surface area contributed by atoms with Crippen LogP contribution >= 0.6 is 0 Å². The van der Waals surface area contributed by atoms with Crippen LogP contribution in [0.3, 0.4) is 0 Å². The van der Waals surface area contributed by atoms with Crippen molar-refractivity contribution in [1.82, 2.24) is 4.90 Å². The van der Waals surface area contributed by atoms with Crippen molar-refractivity contribution in [3.63, 3.8) is 0 Å². The zero-order chi connectivity index (χ0) is 15.2. The number of amides is 1. The molecule has 0 aromatic carbocycles. The first-order valence-electron chi connectivity index (χ1n) is 7.39. The van der Waals surface area contributed by atoms with Crippen LogP contribution in [-0.4, -0.2) is 73.7 Å². The minimum Gasteiger partial charge on any atom is -0.450 e. The van der Waals surface area contributed by atoms with Crippen LogP contribution in [-0.2, 0) is 9.47 Å². The number of rotatable bonds is 5. The number of nitrogens with one attached hydrogen (secondary N) is 1. The van der Waals surface area contributed by atoms with Crippen LogP contribution in [0.1, 0.15) is 27.7 Å². The quantitative estimate of drug-likeness (QED) is 0.717. The average molecular weight is 289 g/mol. The van der Waals surface area contributed by atoms with Crippen molar-refractivity contribution in [2.24, 2.45) is 0 Å². The van der Waals surface area contributed by atoms with Crippen molar-refractivity contribution in [3.8, 4) is 0 Å².